The van der Waals surface area contributed by atoms with Crippen molar-refractivity contribution in [2.24, 2.45) is 5.92 Å². The lowest BCUT2D eigenvalue weighted by Crippen LogP contribution is -2.13. The van der Waals surface area contributed by atoms with Crippen LogP contribution in [0.4, 0.5) is 0 Å². The van der Waals surface area contributed by atoms with Crippen LogP contribution in [0, 0.1) is 12.8 Å². The molecule has 0 bridgehead atoms. The van der Waals surface area contributed by atoms with Gasteiger partial charge < -0.3 is 4.98 Å². The molecule has 0 unspecified atom stereocenters. The summed E-state index contributed by atoms with van der Waals surface area (Å²) in [5.74, 6) is 1.94. The van der Waals surface area contributed by atoms with Crippen LogP contribution in [0.25, 0.3) is 0 Å². The average Bonchev–Trinajstić information content (AvgIpc) is 2.36. The van der Waals surface area contributed by atoms with E-state index in [9.17, 15) is 4.79 Å². The summed E-state index contributed by atoms with van der Waals surface area (Å²) in [6.07, 6.45) is 0.839. The fourth-order valence-corrected chi connectivity index (χ4v) is 2.71. The number of nitrogens with zero attached hydrogens (tertiary/aromatic N) is 1. The summed E-state index contributed by atoms with van der Waals surface area (Å²) in [5, 5.41) is 0. The number of rotatable bonds is 5. The highest BCUT2D eigenvalue weighted by Gasteiger charge is 2.04. The lowest BCUT2D eigenvalue weighted by atomic mass is 10.1. The Bertz CT molecular complexity index is 617. The Morgan fingerprint density at radius 3 is 2.60 bits per heavy atom. The van der Waals surface area contributed by atoms with E-state index in [1.54, 1.807) is 17.8 Å². The van der Waals surface area contributed by atoms with Gasteiger partial charge in [0, 0.05) is 16.7 Å². The Hall–Kier alpha value is -1.55. The summed E-state index contributed by atoms with van der Waals surface area (Å²) in [6.45, 7) is 6.33. The lowest BCUT2D eigenvalue weighted by molar-refractivity contribution is 0.630. The summed E-state index contributed by atoms with van der Waals surface area (Å²) < 4.78 is 0. The van der Waals surface area contributed by atoms with Gasteiger partial charge in [-0.1, -0.05) is 31.5 Å². The van der Waals surface area contributed by atoms with E-state index in [0.717, 1.165) is 17.9 Å². The van der Waals surface area contributed by atoms with Crippen molar-refractivity contribution in [2.45, 2.75) is 37.8 Å². The van der Waals surface area contributed by atoms with Gasteiger partial charge in [-0.15, -0.1) is 11.8 Å². The second kappa shape index (κ2) is 6.75. The fraction of sp³-hybridized carbons (Fsp3) is 0.375. The molecule has 0 atom stereocenters. The second-order valence-corrected chi connectivity index (χ2v) is 6.43. The maximum atomic E-state index is 11.6. The third-order valence-corrected chi connectivity index (χ3v) is 3.88. The monoisotopic (exact) mass is 288 g/mol. The minimum Gasteiger partial charge on any atom is -0.310 e. The Morgan fingerprint density at radius 2 is 1.95 bits per heavy atom. The van der Waals surface area contributed by atoms with Crippen molar-refractivity contribution in [3.05, 3.63) is 57.8 Å². The SMILES string of the molecule is Cc1ccc(SCc2nc(CC(C)C)cc(=O)[nH]2)cc1. The number of benzene rings is 1. The molecule has 0 saturated heterocycles. The Morgan fingerprint density at radius 1 is 1.25 bits per heavy atom. The number of aryl methyl sites for hydroxylation is 1. The van der Waals surface area contributed by atoms with Gasteiger partial charge in [-0.05, 0) is 31.4 Å². The van der Waals surface area contributed by atoms with Gasteiger partial charge in [0.25, 0.3) is 5.56 Å². The molecule has 20 heavy (non-hydrogen) atoms. The van der Waals surface area contributed by atoms with Gasteiger partial charge in [0.2, 0.25) is 0 Å². The van der Waals surface area contributed by atoms with Crippen LogP contribution in [0.15, 0.2) is 40.0 Å². The number of thioether (sulfide) groups is 1. The Kier molecular flexibility index (Phi) is 5.01. The summed E-state index contributed by atoms with van der Waals surface area (Å²) in [6, 6.07) is 9.97. The van der Waals surface area contributed by atoms with Crippen LogP contribution in [0.3, 0.4) is 0 Å². The highest BCUT2D eigenvalue weighted by molar-refractivity contribution is 7.98. The van der Waals surface area contributed by atoms with E-state index >= 15 is 0 Å². The number of hydrogen-bond donors (Lipinski definition) is 1. The molecular weight excluding hydrogens is 268 g/mol. The minimum absolute atomic E-state index is 0.0600. The first kappa shape index (κ1) is 14.9. The molecule has 0 fully saturated rings. The second-order valence-electron chi connectivity index (χ2n) is 5.38. The first-order chi connectivity index (χ1) is 9.52. The zero-order chi connectivity index (χ0) is 14.5. The fourth-order valence-electron chi connectivity index (χ4n) is 1.94. The lowest BCUT2D eigenvalue weighted by Gasteiger charge is -2.06. The van der Waals surface area contributed by atoms with Crippen LogP contribution in [-0.4, -0.2) is 9.97 Å². The van der Waals surface area contributed by atoms with Gasteiger partial charge in [0.15, 0.2) is 0 Å². The third-order valence-electron chi connectivity index (χ3n) is 2.86. The molecule has 4 heteroatoms. The van der Waals surface area contributed by atoms with Crippen molar-refractivity contribution in [3.63, 3.8) is 0 Å². The molecule has 3 nitrogen and oxygen atoms in total. The van der Waals surface area contributed by atoms with E-state index in [-0.39, 0.29) is 5.56 Å². The quantitative estimate of drug-likeness (QED) is 0.856. The Balaban J connectivity index is 2.07. The summed E-state index contributed by atoms with van der Waals surface area (Å²) in [7, 11) is 0. The number of aromatic nitrogens is 2. The predicted octanol–water partition coefficient (Wildman–Crippen LogP) is 3.57. The maximum absolute atomic E-state index is 11.6. The van der Waals surface area contributed by atoms with Crippen LogP contribution in [-0.2, 0) is 12.2 Å². The van der Waals surface area contributed by atoms with E-state index < -0.39 is 0 Å². The van der Waals surface area contributed by atoms with E-state index in [1.165, 1.54) is 10.5 Å². The molecule has 1 N–H and O–H groups in total. The Labute approximate surface area is 123 Å². The van der Waals surface area contributed by atoms with E-state index in [0.29, 0.717) is 11.7 Å². The van der Waals surface area contributed by atoms with Crippen LogP contribution < -0.4 is 5.56 Å². The van der Waals surface area contributed by atoms with E-state index in [2.05, 4.69) is 55.0 Å². The van der Waals surface area contributed by atoms with Crippen molar-refractivity contribution in [2.75, 3.05) is 0 Å². The zero-order valence-corrected chi connectivity index (χ0v) is 13.0. The van der Waals surface area contributed by atoms with Crippen LogP contribution in [0.1, 0.15) is 30.9 Å². The van der Waals surface area contributed by atoms with Gasteiger partial charge in [0.1, 0.15) is 5.82 Å². The predicted molar refractivity (Wildman–Crippen MR) is 84.1 cm³/mol. The molecule has 0 aliphatic carbocycles. The molecule has 1 aromatic heterocycles. The molecular formula is C16H20N2OS. The largest absolute Gasteiger partial charge is 0.310 e. The summed E-state index contributed by atoms with van der Waals surface area (Å²) in [4.78, 5) is 20.2. The molecule has 0 aliphatic heterocycles. The van der Waals surface area contributed by atoms with E-state index in [1.807, 2.05) is 0 Å². The molecule has 1 heterocycles. The van der Waals surface area contributed by atoms with E-state index in [4.69, 9.17) is 0 Å². The molecule has 0 aliphatic rings. The smallest absolute Gasteiger partial charge is 0.251 e. The van der Waals surface area contributed by atoms with Crippen molar-refractivity contribution in [1.29, 1.82) is 0 Å². The molecule has 0 saturated carbocycles. The molecule has 2 rings (SSSR count). The number of nitrogens with one attached hydrogen (secondary N) is 1. The number of H-pyrrole nitrogens is 1. The standard InChI is InChI=1S/C16H20N2OS/c1-11(2)8-13-9-16(19)18-15(17-13)10-20-14-6-4-12(3)5-7-14/h4-7,9,11H,8,10H2,1-3H3,(H,17,18,19). The third kappa shape index (κ3) is 4.53. The van der Waals surface area contributed by atoms with Crippen LogP contribution >= 0.6 is 11.8 Å². The zero-order valence-electron chi connectivity index (χ0n) is 12.1. The summed E-state index contributed by atoms with van der Waals surface area (Å²) in [5.41, 5.74) is 2.07. The van der Waals surface area contributed by atoms with Crippen molar-refractivity contribution in [3.8, 4) is 0 Å². The molecule has 106 valence electrons. The first-order valence-electron chi connectivity index (χ1n) is 6.81. The van der Waals surface area contributed by atoms with Gasteiger partial charge in [-0.25, -0.2) is 4.98 Å². The highest BCUT2D eigenvalue weighted by atomic mass is 32.2. The van der Waals surface area contributed by atoms with Crippen molar-refractivity contribution in [1.82, 2.24) is 9.97 Å². The van der Waals surface area contributed by atoms with Crippen molar-refractivity contribution >= 4 is 11.8 Å². The molecule has 0 amide bonds. The molecule has 0 radical (unpaired) electrons. The topological polar surface area (TPSA) is 45.8 Å². The van der Waals surface area contributed by atoms with Crippen LogP contribution in [0.2, 0.25) is 0 Å². The normalized spacial score (nSPS) is 11.0. The average molecular weight is 288 g/mol. The van der Waals surface area contributed by atoms with Gasteiger partial charge in [-0.3, -0.25) is 4.79 Å². The van der Waals surface area contributed by atoms with Gasteiger partial charge >= 0.3 is 0 Å². The molecule has 2 aromatic rings. The minimum atomic E-state index is -0.0600. The van der Waals surface area contributed by atoms with Crippen LogP contribution in [0.5, 0.6) is 0 Å². The molecule has 1 aromatic carbocycles. The highest BCUT2D eigenvalue weighted by Crippen LogP contribution is 2.21. The number of hydrogen-bond acceptors (Lipinski definition) is 3. The number of aromatic amines is 1. The van der Waals surface area contributed by atoms with Crippen molar-refractivity contribution < 1.29 is 0 Å². The van der Waals surface area contributed by atoms with Gasteiger partial charge in [0.05, 0.1) is 5.75 Å². The maximum Gasteiger partial charge on any atom is 0.251 e. The summed E-state index contributed by atoms with van der Waals surface area (Å²) >= 11 is 1.69. The van der Waals surface area contributed by atoms with Gasteiger partial charge in [-0.2, -0.15) is 0 Å². The molecule has 0 spiro atoms. The first-order valence-corrected chi connectivity index (χ1v) is 7.80.